The minimum absolute atomic E-state index is 0.135. The predicted molar refractivity (Wildman–Crippen MR) is 116 cm³/mol. The van der Waals surface area contributed by atoms with Gasteiger partial charge in [0.1, 0.15) is 11.5 Å². The molecule has 0 saturated heterocycles. The van der Waals surface area contributed by atoms with Gasteiger partial charge in [0.05, 0.1) is 32.0 Å². The van der Waals surface area contributed by atoms with Crippen molar-refractivity contribution in [3.63, 3.8) is 0 Å². The number of rotatable bonds is 8. The first kappa shape index (κ1) is 20.4. The Morgan fingerprint density at radius 1 is 0.793 bits per heavy atom. The number of hydrogen-bond acceptors (Lipinski definition) is 4. The molecule has 0 bridgehead atoms. The van der Waals surface area contributed by atoms with Crippen LogP contribution < -0.4 is 20.1 Å². The summed E-state index contributed by atoms with van der Waals surface area (Å²) < 4.78 is 10.6. The zero-order valence-corrected chi connectivity index (χ0v) is 16.9. The molecular formula is C24H26N2O3. The lowest BCUT2D eigenvalue weighted by Gasteiger charge is -2.24. The Labute approximate surface area is 171 Å². The van der Waals surface area contributed by atoms with E-state index < -0.39 is 6.04 Å². The van der Waals surface area contributed by atoms with Gasteiger partial charge in [-0.25, -0.2) is 0 Å². The molecule has 3 aromatic carbocycles. The van der Waals surface area contributed by atoms with Crippen molar-refractivity contribution >= 4 is 11.6 Å². The number of amides is 1. The third kappa shape index (κ3) is 5.15. The van der Waals surface area contributed by atoms with Gasteiger partial charge in [0.15, 0.2) is 0 Å². The molecule has 0 heterocycles. The molecule has 0 aliphatic rings. The number of para-hydroxylation sites is 2. The van der Waals surface area contributed by atoms with Crippen LogP contribution >= 0.6 is 0 Å². The molecule has 0 aliphatic heterocycles. The number of carbonyl (C=O) groups excluding carboxylic acids is 1. The largest absolute Gasteiger partial charge is 0.497 e. The molecule has 0 spiro atoms. The molecule has 3 aromatic rings. The molecule has 2 atom stereocenters. The molecule has 5 nitrogen and oxygen atoms in total. The Kier molecular flexibility index (Phi) is 6.87. The van der Waals surface area contributed by atoms with Crippen molar-refractivity contribution in [1.82, 2.24) is 5.32 Å². The van der Waals surface area contributed by atoms with E-state index in [0.717, 1.165) is 16.9 Å². The molecule has 1 amide bonds. The highest BCUT2D eigenvalue weighted by atomic mass is 16.5. The van der Waals surface area contributed by atoms with Crippen LogP contribution in [0, 0.1) is 0 Å². The third-order valence-electron chi connectivity index (χ3n) is 4.76. The maximum absolute atomic E-state index is 12.8. The number of ether oxygens (including phenoxy) is 2. The van der Waals surface area contributed by atoms with Crippen molar-refractivity contribution in [3.05, 3.63) is 90.0 Å². The summed E-state index contributed by atoms with van der Waals surface area (Å²) in [6.07, 6.45) is 0. The molecule has 0 aliphatic carbocycles. The van der Waals surface area contributed by atoms with E-state index in [9.17, 15) is 4.79 Å². The summed E-state index contributed by atoms with van der Waals surface area (Å²) in [5, 5.41) is 6.39. The quantitative estimate of drug-likeness (QED) is 0.598. The minimum Gasteiger partial charge on any atom is -0.497 e. The van der Waals surface area contributed by atoms with Gasteiger partial charge in [-0.2, -0.15) is 0 Å². The Balaban J connectivity index is 1.80. The van der Waals surface area contributed by atoms with E-state index in [1.807, 2.05) is 85.8 Å². The number of carbonyl (C=O) groups is 1. The van der Waals surface area contributed by atoms with Crippen molar-refractivity contribution in [3.8, 4) is 11.5 Å². The Morgan fingerprint density at radius 2 is 1.41 bits per heavy atom. The van der Waals surface area contributed by atoms with Crippen LogP contribution in [0.5, 0.6) is 11.5 Å². The zero-order chi connectivity index (χ0) is 20.6. The van der Waals surface area contributed by atoms with Crippen LogP contribution in [0.3, 0.4) is 0 Å². The van der Waals surface area contributed by atoms with Gasteiger partial charge in [0.25, 0.3) is 0 Å². The SMILES string of the molecule is COc1ccc([C@H](N[C@H](C)C(=O)Nc2ccccc2OC)c2ccccc2)cc1. The minimum atomic E-state index is -0.438. The van der Waals surface area contributed by atoms with E-state index >= 15 is 0 Å². The smallest absolute Gasteiger partial charge is 0.241 e. The summed E-state index contributed by atoms with van der Waals surface area (Å²) in [4.78, 5) is 12.8. The molecule has 0 saturated carbocycles. The van der Waals surface area contributed by atoms with Gasteiger partial charge in [-0.1, -0.05) is 54.6 Å². The maximum atomic E-state index is 12.8. The van der Waals surface area contributed by atoms with Crippen molar-refractivity contribution in [2.45, 2.75) is 19.0 Å². The van der Waals surface area contributed by atoms with E-state index in [1.54, 1.807) is 14.2 Å². The second-order valence-corrected chi connectivity index (χ2v) is 6.69. The van der Waals surface area contributed by atoms with Crippen LogP contribution in [-0.4, -0.2) is 26.2 Å². The van der Waals surface area contributed by atoms with Crippen molar-refractivity contribution in [2.75, 3.05) is 19.5 Å². The fourth-order valence-electron chi connectivity index (χ4n) is 3.14. The molecule has 5 heteroatoms. The normalized spacial score (nSPS) is 12.7. The van der Waals surface area contributed by atoms with Crippen LogP contribution in [-0.2, 0) is 4.79 Å². The second-order valence-electron chi connectivity index (χ2n) is 6.69. The highest BCUT2D eigenvalue weighted by molar-refractivity contribution is 5.95. The van der Waals surface area contributed by atoms with Gasteiger partial charge >= 0.3 is 0 Å². The van der Waals surface area contributed by atoms with Crippen LogP contribution in [0.1, 0.15) is 24.1 Å². The number of benzene rings is 3. The molecule has 0 fully saturated rings. The highest BCUT2D eigenvalue weighted by Gasteiger charge is 2.21. The molecule has 3 rings (SSSR count). The van der Waals surface area contributed by atoms with Crippen molar-refractivity contribution in [2.24, 2.45) is 0 Å². The molecule has 0 aromatic heterocycles. The number of methoxy groups -OCH3 is 2. The fraction of sp³-hybridized carbons (Fsp3) is 0.208. The first-order chi connectivity index (χ1) is 14.1. The van der Waals surface area contributed by atoms with Crippen LogP contribution in [0.4, 0.5) is 5.69 Å². The van der Waals surface area contributed by atoms with E-state index in [-0.39, 0.29) is 11.9 Å². The summed E-state index contributed by atoms with van der Waals surface area (Å²) in [5.41, 5.74) is 2.78. The van der Waals surface area contributed by atoms with Crippen LogP contribution in [0.25, 0.3) is 0 Å². The van der Waals surface area contributed by atoms with E-state index in [1.165, 1.54) is 0 Å². The van der Waals surface area contributed by atoms with E-state index in [2.05, 4.69) is 10.6 Å². The van der Waals surface area contributed by atoms with Gasteiger partial charge < -0.3 is 14.8 Å². The molecule has 150 valence electrons. The molecule has 0 radical (unpaired) electrons. The first-order valence-electron chi connectivity index (χ1n) is 9.51. The summed E-state index contributed by atoms with van der Waals surface area (Å²) >= 11 is 0. The summed E-state index contributed by atoms with van der Waals surface area (Å²) in [7, 11) is 3.23. The van der Waals surface area contributed by atoms with Crippen LogP contribution in [0.15, 0.2) is 78.9 Å². The maximum Gasteiger partial charge on any atom is 0.241 e. The predicted octanol–water partition coefficient (Wildman–Crippen LogP) is 4.41. The Morgan fingerprint density at radius 3 is 2.07 bits per heavy atom. The van der Waals surface area contributed by atoms with Crippen molar-refractivity contribution < 1.29 is 14.3 Å². The Bertz CT molecular complexity index is 926. The van der Waals surface area contributed by atoms with E-state index in [4.69, 9.17) is 9.47 Å². The lowest BCUT2D eigenvalue weighted by atomic mass is 9.97. The van der Waals surface area contributed by atoms with Crippen LogP contribution in [0.2, 0.25) is 0 Å². The first-order valence-corrected chi connectivity index (χ1v) is 9.51. The zero-order valence-electron chi connectivity index (χ0n) is 16.9. The highest BCUT2D eigenvalue weighted by Crippen LogP contribution is 2.26. The van der Waals surface area contributed by atoms with Gasteiger partial charge in [-0.15, -0.1) is 0 Å². The lowest BCUT2D eigenvalue weighted by molar-refractivity contribution is -0.117. The summed E-state index contributed by atoms with van der Waals surface area (Å²) in [6, 6.07) is 24.7. The van der Waals surface area contributed by atoms with Gasteiger partial charge in [0, 0.05) is 0 Å². The molecule has 29 heavy (non-hydrogen) atoms. The third-order valence-corrected chi connectivity index (χ3v) is 4.76. The van der Waals surface area contributed by atoms with Gasteiger partial charge in [-0.05, 0) is 42.3 Å². The van der Waals surface area contributed by atoms with Gasteiger partial charge in [-0.3, -0.25) is 10.1 Å². The standard InChI is InChI=1S/C24H26N2O3/c1-17(24(27)26-21-11-7-8-12-22(21)29-3)25-23(18-9-5-4-6-10-18)19-13-15-20(28-2)16-14-19/h4-17,23,25H,1-3H3,(H,26,27)/t17-,23-/m1/s1. The monoisotopic (exact) mass is 390 g/mol. The molecule has 2 N–H and O–H groups in total. The van der Waals surface area contributed by atoms with E-state index in [0.29, 0.717) is 11.4 Å². The second kappa shape index (κ2) is 9.75. The Hall–Kier alpha value is -3.31. The molecular weight excluding hydrogens is 364 g/mol. The average molecular weight is 390 g/mol. The van der Waals surface area contributed by atoms with Crippen molar-refractivity contribution in [1.29, 1.82) is 0 Å². The summed E-state index contributed by atoms with van der Waals surface area (Å²) in [6.45, 7) is 1.85. The summed E-state index contributed by atoms with van der Waals surface area (Å²) in [5.74, 6) is 1.29. The lowest BCUT2D eigenvalue weighted by Crippen LogP contribution is -2.40. The fourth-order valence-corrected chi connectivity index (χ4v) is 3.14. The number of anilines is 1. The topological polar surface area (TPSA) is 59.6 Å². The number of nitrogens with one attached hydrogen (secondary N) is 2. The molecule has 0 unspecified atom stereocenters. The average Bonchev–Trinajstić information content (AvgIpc) is 2.78. The number of hydrogen-bond donors (Lipinski definition) is 2. The van der Waals surface area contributed by atoms with Gasteiger partial charge in [0.2, 0.25) is 5.91 Å².